The molecule has 2 N–H and O–H groups in total. The van der Waals surface area contributed by atoms with Gasteiger partial charge in [0.15, 0.2) is 11.5 Å². The number of hydrogen-bond acceptors (Lipinski definition) is 4. The van der Waals surface area contributed by atoms with Gasteiger partial charge in [0.1, 0.15) is 11.8 Å². The van der Waals surface area contributed by atoms with E-state index in [1.165, 1.54) is 5.56 Å². The number of nitrogen functional groups attached to an aromatic ring is 1. The predicted molar refractivity (Wildman–Crippen MR) is 78.0 cm³/mol. The van der Waals surface area contributed by atoms with Crippen LogP contribution in [0.25, 0.3) is 0 Å². The lowest BCUT2D eigenvalue weighted by Crippen LogP contribution is -1.94. The fourth-order valence-electron chi connectivity index (χ4n) is 1.85. The third-order valence-corrected chi connectivity index (χ3v) is 3.01. The molecule has 2 rings (SSSR count). The average molecular weight is 268 g/mol. The van der Waals surface area contributed by atoms with Crippen LogP contribution in [0, 0.1) is 11.3 Å². The lowest BCUT2D eigenvalue weighted by atomic mass is 10.1. The SMILES string of the molecule is CCc1ccc(Oc2ccc(C#N)c(N)c2)c(OC)c1. The first-order valence-electron chi connectivity index (χ1n) is 6.32. The number of benzene rings is 2. The summed E-state index contributed by atoms with van der Waals surface area (Å²) in [6, 6.07) is 12.8. The van der Waals surface area contributed by atoms with Crippen LogP contribution in [0.15, 0.2) is 36.4 Å². The number of anilines is 1. The van der Waals surface area contributed by atoms with Crippen LogP contribution in [0.1, 0.15) is 18.1 Å². The number of nitrogens with two attached hydrogens (primary N) is 1. The van der Waals surface area contributed by atoms with E-state index in [2.05, 4.69) is 6.92 Å². The van der Waals surface area contributed by atoms with Crippen LogP contribution in [0.4, 0.5) is 5.69 Å². The van der Waals surface area contributed by atoms with Crippen molar-refractivity contribution in [3.8, 4) is 23.3 Å². The number of hydrogen-bond donors (Lipinski definition) is 1. The van der Waals surface area contributed by atoms with Crippen LogP contribution >= 0.6 is 0 Å². The molecule has 102 valence electrons. The summed E-state index contributed by atoms with van der Waals surface area (Å²) in [7, 11) is 1.61. The number of nitrogens with zero attached hydrogens (tertiary/aromatic N) is 1. The van der Waals surface area contributed by atoms with E-state index in [9.17, 15) is 0 Å². The molecule has 4 heteroatoms. The van der Waals surface area contributed by atoms with Crippen molar-refractivity contribution in [2.45, 2.75) is 13.3 Å². The van der Waals surface area contributed by atoms with Gasteiger partial charge in [0.2, 0.25) is 0 Å². The van der Waals surface area contributed by atoms with Crippen LogP contribution in [-0.2, 0) is 6.42 Å². The smallest absolute Gasteiger partial charge is 0.169 e. The molecule has 0 amide bonds. The number of rotatable bonds is 4. The quantitative estimate of drug-likeness (QED) is 0.862. The zero-order chi connectivity index (χ0) is 14.5. The van der Waals surface area contributed by atoms with Gasteiger partial charge >= 0.3 is 0 Å². The van der Waals surface area contributed by atoms with Crippen molar-refractivity contribution >= 4 is 5.69 Å². The highest BCUT2D eigenvalue weighted by Gasteiger charge is 2.08. The molecule has 0 bridgehead atoms. The van der Waals surface area contributed by atoms with E-state index < -0.39 is 0 Å². The van der Waals surface area contributed by atoms with Crippen LogP contribution < -0.4 is 15.2 Å². The minimum Gasteiger partial charge on any atom is -0.493 e. The Morgan fingerprint density at radius 1 is 1.15 bits per heavy atom. The van der Waals surface area contributed by atoms with Crippen LogP contribution in [0.5, 0.6) is 17.2 Å². The van der Waals surface area contributed by atoms with Gasteiger partial charge in [-0.3, -0.25) is 0 Å². The Morgan fingerprint density at radius 3 is 2.55 bits per heavy atom. The predicted octanol–water partition coefficient (Wildman–Crippen LogP) is 3.50. The lowest BCUT2D eigenvalue weighted by Gasteiger charge is -2.12. The second kappa shape index (κ2) is 5.98. The van der Waals surface area contributed by atoms with E-state index in [-0.39, 0.29) is 0 Å². The van der Waals surface area contributed by atoms with Crippen LogP contribution in [-0.4, -0.2) is 7.11 Å². The van der Waals surface area contributed by atoms with Crippen molar-refractivity contribution in [3.63, 3.8) is 0 Å². The Balaban J connectivity index is 2.30. The summed E-state index contributed by atoms with van der Waals surface area (Å²) in [5, 5.41) is 8.85. The van der Waals surface area contributed by atoms with Crippen molar-refractivity contribution in [1.29, 1.82) is 5.26 Å². The van der Waals surface area contributed by atoms with Gasteiger partial charge in [0.25, 0.3) is 0 Å². The molecule has 0 heterocycles. The molecule has 2 aromatic rings. The van der Waals surface area contributed by atoms with E-state index in [0.717, 1.165) is 6.42 Å². The molecule has 4 nitrogen and oxygen atoms in total. The van der Waals surface area contributed by atoms with Gasteiger partial charge in [-0.05, 0) is 36.2 Å². The summed E-state index contributed by atoms with van der Waals surface area (Å²) >= 11 is 0. The van der Waals surface area contributed by atoms with Gasteiger partial charge in [0.05, 0.1) is 18.4 Å². The fourth-order valence-corrected chi connectivity index (χ4v) is 1.85. The van der Waals surface area contributed by atoms with E-state index in [1.54, 1.807) is 25.3 Å². The number of methoxy groups -OCH3 is 1. The first kappa shape index (κ1) is 13.8. The Morgan fingerprint density at radius 2 is 1.95 bits per heavy atom. The van der Waals surface area contributed by atoms with Crippen molar-refractivity contribution < 1.29 is 9.47 Å². The lowest BCUT2D eigenvalue weighted by molar-refractivity contribution is 0.378. The highest BCUT2D eigenvalue weighted by atomic mass is 16.5. The Kier molecular flexibility index (Phi) is 4.11. The summed E-state index contributed by atoms with van der Waals surface area (Å²) < 4.78 is 11.1. The third-order valence-electron chi connectivity index (χ3n) is 3.01. The van der Waals surface area contributed by atoms with Gasteiger partial charge in [-0.1, -0.05) is 13.0 Å². The molecule has 0 unspecified atom stereocenters. The standard InChI is InChI=1S/C16H16N2O2/c1-3-11-4-7-15(16(8-11)19-2)20-13-6-5-12(10-17)14(18)9-13/h4-9H,3,18H2,1-2H3. The molecule has 2 aromatic carbocycles. The highest BCUT2D eigenvalue weighted by molar-refractivity contribution is 5.58. The minimum atomic E-state index is 0.397. The van der Waals surface area contributed by atoms with Crippen molar-refractivity contribution in [1.82, 2.24) is 0 Å². The molecule has 20 heavy (non-hydrogen) atoms. The van der Waals surface area contributed by atoms with Gasteiger partial charge in [-0.15, -0.1) is 0 Å². The molecule has 0 aliphatic heterocycles. The first-order chi connectivity index (χ1) is 9.67. The van der Waals surface area contributed by atoms with Crippen LogP contribution in [0.2, 0.25) is 0 Å². The van der Waals surface area contributed by atoms with Gasteiger partial charge in [0, 0.05) is 6.07 Å². The molecule has 0 saturated carbocycles. The first-order valence-corrected chi connectivity index (χ1v) is 6.32. The molecule has 0 aliphatic rings. The van der Waals surface area contributed by atoms with E-state index in [4.69, 9.17) is 20.5 Å². The summed E-state index contributed by atoms with van der Waals surface area (Å²) in [6.45, 7) is 2.08. The molecule has 0 saturated heterocycles. The van der Waals surface area contributed by atoms with E-state index in [1.807, 2.05) is 24.3 Å². The molecule has 0 fully saturated rings. The van der Waals surface area contributed by atoms with Gasteiger partial charge < -0.3 is 15.2 Å². The molecular formula is C16H16N2O2. The van der Waals surface area contributed by atoms with E-state index in [0.29, 0.717) is 28.5 Å². The van der Waals surface area contributed by atoms with Gasteiger partial charge in [-0.2, -0.15) is 5.26 Å². The molecular weight excluding hydrogens is 252 g/mol. The normalized spacial score (nSPS) is 9.85. The van der Waals surface area contributed by atoms with E-state index >= 15 is 0 Å². The molecule has 0 aliphatic carbocycles. The number of nitriles is 1. The Labute approximate surface area is 118 Å². The zero-order valence-electron chi connectivity index (χ0n) is 11.5. The number of aryl methyl sites for hydroxylation is 1. The highest BCUT2D eigenvalue weighted by Crippen LogP contribution is 2.33. The summed E-state index contributed by atoms with van der Waals surface area (Å²) in [6.07, 6.45) is 0.931. The topological polar surface area (TPSA) is 68.3 Å². The van der Waals surface area contributed by atoms with Crippen molar-refractivity contribution in [3.05, 3.63) is 47.5 Å². The zero-order valence-corrected chi connectivity index (χ0v) is 11.5. The van der Waals surface area contributed by atoms with Crippen molar-refractivity contribution in [2.75, 3.05) is 12.8 Å². The average Bonchev–Trinajstić information content (AvgIpc) is 2.48. The fraction of sp³-hybridized carbons (Fsp3) is 0.188. The second-order valence-electron chi connectivity index (χ2n) is 4.30. The third kappa shape index (κ3) is 2.83. The molecule has 0 atom stereocenters. The maximum absolute atomic E-state index is 8.85. The summed E-state index contributed by atoms with van der Waals surface area (Å²) in [5.74, 6) is 1.87. The second-order valence-corrected chi connectivity index (χ2v) is 4.30. The molecule has 0 aromatic heterocycles. The number of ether oxygens (including phenoxy) is 2. The van der Waals surface area contributed by atoms with Crippen molar-refractivity contribution in [2.24, 2.45) is 0 Å². The largest absolute Gasteiger partial charge is 0.493 e. The minimum absolute atomic E-state index is 0.397. The summed E-state index contributed by atoms with van der Waals surface area (Å²) in [4.78, 5) is 0. The Bertz CT molecular complexity index is 660. The maximum Gasteiger partial charge on any atom is 0.169 e. The van der Waals surface area contributed by atoms with Gasteiger partial charge in [-0.25, -0.2) is 0 Å². The molecule has 0 spiro atoms. The van der Waals surface area contributed by atoms with Crippen LogP contribution in [0.3, 0.4) is 0 Å². The maximum atomic E-state index is 8.85. The Hall–Kier alpha value is -2.67. The molecule has 0 radical (unpaired) electrons. The monoisotopic (exact) mass is 268 g/mol. The summed E-state index contributed by atoms with van der Waals surface area (Å²) in [5.41, 5.74) is 7.78.